The van der Waals surface area contributed by atoms with Crippen molar-refractivity contribution in [1.82, 2.24) is 4.98 Å². The van der Waals surface area contributed by atoms with Crippen LogP contribution >= 0.6 is 0 Å². The van der Waals surface area contributed by atoms with Crippen molar-refractivity contribution >= 4 is 19.1 Å². The second-order valence-electron chi connectivity index (χ2n) is 3.72. The van der Waals surface area contributed by atoms with Crippen LogP contribution in [0.25, 0.3) is 0 Å². The number of pyridine rings is 1. The molecule has 1 rings (SSSR count). The van der Waals surface area contributed by atoms with Gasteiger partial charge in [-0.3, -0.25) is 0 Å². The molecule has 0 fully saturated rings. The molecule has 1 heterocycles. The monoisotopic (exact) mass is 166 g/mol. The van der Waals surface area contributed by atoms with E-state index in [2.05, 4.69) is 30.7 Å². The lowest BCUT2D eigenvalue weighted by Gasteiger charge is -2.15. The van der Waals surface area contributed by atoms with E-state index in [9.17, 15) is 0 Å². The van der Waals surface area contributed by atoms with Crippen LogP contribution in [0.2, 0.25) is 19.6 Å². The van der Waals surface area contributed by atoms with Gasteiger partial charge in [-0.1, -0.05) is 24.8 Å². The van der Waals surface area contributed by atoms with Crippen LogP contribution in [0.1, 0.15) is 0 Å². The molecule has 2 N–H and O–H groups in total. The van der Waals surface area contributed by atoms with Crippen molar-refractivity contribution in [2.45, 2.75) is 19.6 Å². The fraction of sp³-hybridized carbons (Fsp3) is 0.375. The molecule has 0 unspecified atom stereocenters. The van der Waals surface area contributed by atoms with Crippen molar-refractivity contribution in [2.24, 2.45) is 0 Å². The van der Waals surface area contributed by atoms with Crippen molar-refractivity contribution in [2.75, 3.05) is 5.73 Å². The third kappa shape index (κ3) is 2.05. The number of rotatable bonds is 1. The number of nitrogens with two attached hydrogens (primary N) is 1. The lowest BCUT2D eigenvalue weighted by atomic mass is 10.5. The Balaban J connectivity index is 3.06. The van der Waals surface area contributed by atoms with Crippen LogP contribution in [0.3, 0.4) is 0 Å². The number of aromatic nitrogens is 1. The zero-order valence-electron chi connectivity index (χ0n) is 7.26. The summed E-state index contributed by atoms with van der Waals surface area (Å²) in [5, 5.41) is 1.37. The van der Waals surface area contributed by atoms with Crippen molar-refractivity contribution < 1.29 is 0 Å². The summed E-state index contributed by atoms with van der Waals surface area (Å²) in [6, 6.07) is 4.04. The summed E-state index contributed by atoms with van der Waals surface area (Å²) < 4.78 is 0. The molecule has 0 aromatic carbocycles. The Bertz CT molecular complexity index is 253. The summed E-state index contributed by atoms with van der Waals surface area (Å²) >= 11 is 0. The molecular formula is C8H14N2Si. The summed E-state index contributed by atoms with van der Waals surface area (Å²) in [5.74, 6) is 0.630. The maximum atomic E-state index is 5.57. The Morgan fingerprint density at radius 1 is 1.36 bits per heavy atom. The number of hydrogen-bond acceptors (Lipinski definition) is 2. The molecule has 2 nitrogen and oxygen atoms in total. The standard InChI is InChI=1S/C8H14N2Si/c1-11(2,3)7-4-5-10-8(9)6-7/h4-6H,1-3H3,(H2,9,10). The first-order valence-electron chi connectivity index (χ1n) is 3.72. The van der Waals surface area contributed by atoms with Gasteiger partial charge in [0, 0.05) is 6.20 Å². The topological polar surface area (TPSA) is 38.9 Å². The van der Waals surface area contributed by atoms with Crippen LogP contribution in [-0.4, -0.2) is 13.1 Å². The first-order valence-corrected chi connectivity index (χ1v) is 7.22. The quantitative estimate of drug-likeness (QED) is 0.637. The van der Waals surface area contributed by atoms with Gasteiger partial charge in [0.1, 0.15) is 5.82 Å². The number of hydrogen-bond donors (Lipinski definition) is 1. The van der Waals surface area contributed by atoms with Crippen LogP contribution < -0.4 is 10.9 Å². The van der Waals surface area contributed by atoms with Gasteiger partial charge < -0.3 is 5.73 Å². The van der Waals surface area contributed by atoms with Gasteiger partial charge in [0.2, 0.25) is 0 Å². The summed E-state index contributed by atoms with van der Waals surface area (Å²) in [4.78, 5) is 3.95. The molecule has 0 saturated heterocycles. The first kappa shape index (κ1) is 8.27. The van der Waals surface area contributed by atoms with E-state index >= 15 is 0 Å². The average Bonchev–Trinajstić information content (AvgIpc) is 1.86. The molecular weight excluding hydrogens is 152 g/mol. The van der Waals surface area contributed by atoms with Crippen molar-refractivity contribution in [3.05, 3.63) is 18.3 Å². The largest absolute Gasteiger partial charge is 0.384 e. The van der Waals surface area contributed by atoms with Crippen LogP contribution in [0.5, 0.6) is 0 Å². The van der Waals surface area contributed by atoms with Gasteiger partial charge in [0.05, 0.1) is 8.07 Å². The van der Waals surface area contributed by atoms with E-state index in [1.54, 1.807) is 6.20 Å². The summed E-state index contributed by atoms with van der Waals surface area (Å²) in [6.07, 6.45) is 1.78. The van der Waals surface area contributed by atoms with E-state index in [1.807, 2.05) is 6.07 Å². The minimum absolute atomic E-state index is 0.630. The third-order valence-corrected chi connectivity index (χ3v) is 3.69. The minimum atomic E-state index is -1.18. The maximum Gasteiger partial charge on any atom is 0.123 e. The molecule has 0 saturated carbocycles. The smallest absolute Gasteiger partial charge is 0.123 e. The van der Waals surface area contributed by atoms with Gasteiger partial charge in [-0.25, -0.2) is 4.98 Å². The fourth-order valence-electron chi connectivity index (χ4n) is 0.915. The van der Waals surface area contributed by atoms with E-state index in [1.165, 1.54) is 5.19 Å². The first-order chi connectivity index (χ1) is 5.00. The zero-order valence-corrected chi connectivity index (χ0v) is 8.26. The second kappa shape index (κ2) is 2.66. The van der Waals surface area contributed by atoms with E-state index < -0.39 is 8.07 Å². The van der Waals surface area contributed by atoms with Gasteiger partial charge in [-0.15, -0.1) is 0 Å². The van der Waals surface area contributed by atoms with Gasteiger partial charge >= 0.3 is 0 Å². The van der Waals surface area contributed by atoms with Crippen molar-refractivity contribution in [3.8, 4) is 0 Å². The molecule has 0 bridgehead atoms. The summed E-state index contributed by atoms with van der Waals surface area (Å²) in [6.45, 7) is 6.88. The molecule has 0 aliphatic carbocycles. The maximum absolute atomic E-state index is 5.57. The molecule has 0 amide bonds. The predicted octanol–water partition coefficient (Wildman–Crippen LogP) is 1.21. The minimum Gasteiger partial charge on any atom is -0.384 e. The zero-order chi connectivity index (χ0) is 8.48. The van der Waals surface area contributed by atoms with E-state index in [0.29, 0.717) is 5.82 Å². The Morgan fingerprint density at radius 2 is 2.00 bits per heavy atom. The molecule has 3 heteroatoms. The number of nitrogens with zero attached hydrogens (tertiary/aromatic N) is 1. The molecule has 1 aromatic rings. The van der Waals surface area contributed by atoms with Crippen LogP contribution in [-0.2, 0) is 0 Å². The van der Waals surface area contributed by atoms with E-state index in [0.717, 1.165) is 0 Å². The highest BCUT2D eigenvalue weighted by atomic mass is 28.3. The highest BCUT2D eigenvalue weighted by Gasteiger charge is 2.15. The van der Waals surface area contributed by atoms with Crippen LogP contribution in [0.4, 0.5) is 5.82 Å². The molecule has 1 aromatic heterocycles. The predicted molar refractivity (Wildman–Crippen MR) is 51.6 cm³/mol. The number of anilines is 1. The Hall–Kier alpha value is -0.833. The van der Waals surface area contributed by atoms with Crippen molar-refractivity contribution in [1.29, 1.82) is 0 Å². The average molecular weight is 166 g/mol. The molecule has 0 aliphatic rings. The molecule has 0 spiro atoms. The van der Waals surface area contributed by atoms with Crippen LogP contribution in [0.15, 0.2) is 18.3 Å². The molecule has 0 atom stereocenters. The third-order valence-electron chi connectivity index (χ3n) is 1.65. The van der Waals surface area contributed by atoms with Crippen LogP contribution in [0, 0.1) is 0 Å². The van der Waals surface area contributed by atoms with Gasteiger partial charge in [-0.05, 0) is 12.1 Å². The Kier molecular flexibility index (Phi) is 2.00. The second-order valence-corrected chi connectivity index (χ2v) is 8.80. The molecule has 0 aliphatic heterocycles. The lowest BCUT2D eigenvalue weighted by Crippen LogP contribution is -2.37. The highest BCUT2D eigenvalue weighted by Crippen LogP contribution is 2.02. The Morgan fingerprint density at radius 3 is 2.36 bits per heavy atom. The normalized spacial score (nSPS) is 11.5. The molecule has 0 radical (unpaired) electrons. The molecule has 11 heavy (non-hydrogen) atoms. The van der Waals surface area contributed by atoms with Crippen molar-refractivity contribution in [3.63, 3.8) is 0 Å². The fourth-order valence-corrected chi connectivity index (χ4v) is 2.07. The number of nitrogen functional groups attached to an aromatic ring is 1. The summed E-state index contributed by atoms with van der Waals surface area (Å²) in [5.41, 5.74) is 5.57. The van der Waals surface area contributed by atoms with Gasteiger partial charge in [0.25, 0.3) is 0 Å². The highest BCUT2D eigenvalue weighted by molar-refractivity contribution is 6.88. The van der Waals surface area contributed by atoms with Gasteiger partial charge in [0.15, 0.2) is 0 Å². The lowest BCUT2D eigenvalue weighted by molar-refractivity contribution is 1.35. The van der Waals surface area contributed by atoms with Gasteiger partial charge in [-0.2, -0.15) is 0 Å². The van der Waals surface area contributed by atoms with E-state index in [4.69, 9.17) is 5.73 Å². The summed E-state index contributed by atoms with van der Waals surface area (Å²) in [7, 11) is -1.18. The Labute approximate surface area is 68.5 Å². The SMILES string of the molecule is C[Si](C)(C)c1ccnc(N)c1. The molecule has 60 valence electrons. The van der Waals surface area contributed by atoms with E-state index in [-0.39, 0.29) is 0 Å².